The fourth-order valence-electron chi connectivity index (χ4n) is 1.75. The molecule has 2 rings (SSSR count). The highest BCUT2D eigenvalue weighted by atomic mass is 16.1. The first-order valence-corrected chi connectivity index (χ1v) is 5.19. The van der Waals surface area contributed by atoms with Crippen molar-refractivity contribution in [2.45, 2.75) is 13.0 Å². The lowest BCUT2D eigenvalue weighted by atomic mass is 10.0. The Labute approximate surface area is 89.1 Å². The summed E-state index contributed by atoms with van der Waals surface area (Å²) in [6.07, 6.45) is 1.66. The second-order valence-electron chi connectivity index (χ2n) is 3.74. The van der Waals surface area contributed by atoms with Crippen LogP contribution in [0.25, 0.3) is 0 Å². The van der Waals surface area contributed by atoms with Gasteiger partial charge in [-0.05, 0) is 18.6 Å². The molecule has 0 unspecified atom stereocenters. The topological polar surface area (TPSA) is 54.0 Å². The summed E-state index contributed by atoms with van der Waals surface area (Å²) in [6, 6.07) is 3.63. The largest absolute Gasteiger partial charge is 0.313 e. The molecule has 1 aliphatic rings. The highest BCUT2D eigenvalue weighted by Crippen LogP contribution is 2.07. The van der Waals surface area contributed by atoms with Crippen LogP contribution < -0.4 is 10.6 Å². The van der Waals surface area contributed by atoms with Crippen LogP contribution in [0.4, 0.5) is 0 Å². The van der Waals surface area contributed by atoms with Crippen LogP contribution in [0.15, 0.2) is 18.3 Å². The van der Waals surface area contributed by atoms with Crippen molar-refractivity contribution in [1.82, 2.24) is 15.6 Å². The van der Waals surface area contributed by atoms with Crippen LogP contribution in [-0.2, 0) is 0 Å². The third-order valence-corrected chi connectivity index (χ3v) is 2.60. The lowest BCUT2D eigenvalue weighted by Gasteiger charge is -2.23. The second-order valence-corrected chi connectivity index (χ2v) is 3.74. The maximum absolute atomic E-state index is 12.1. The number of carbonyl (C=O) groups excluding carboxylic acids is 1. The van der Waals surface area contributed by atoms with Gasteiger partial charge in [-0.1, -0.05) is 6.07 Å². The van der Waals surface area contributed by atoms with Crippen LogP contribution in [0, 0.1) is 6.92 Å². The van der Waals surface area contributed by atoms with Crippen LogP contribution >= 0.6 is 0 Å². The van der Waals surface area contributed by atoms with E-state index in [-0.39, 0.29) is 11.8 Å². The molecule has 4 nitrogen and oxygen atoms in total. The molecule has 1 aromatic rings. The predicted molar refractivity (Wildman–Crippen MR) is 58.0 cm³/mol. The zero-order valence-corrected chi connectivity index (χ0v) is 8.79. The Morgan fingerprint density at radius 2 is 2.40 bits per heavy atom. The van der Waals surface area contributed by atoms with Crippen LogP contribution in [0.3, 0.4) is 0 Å². The third kappa shape index (κ3) is 2.22. The summed E-state index contributed by atoms with van der Waals surface area (Å²) >= 11 is 0. The van der Waals surface area contributed by atoms with Crippen LogP contribution in [-0.4, -0.2) is 36.4 Å². The van der Waals surface area contributed by atoms with Gasteiger partial charge in [-0.25, -0.2) is 0 Å². The molecule has 0 saturated carbocycles. The molecule has 0 aromatic carbocycles. The molecule has 1 saturated heterocycles. The number of aryl methyl sites for hydroxylation is 1. The molecule has 15 heavy (non-hydrogen) atoms. The van der Waals surface area contributed by atoms with Gasteiger partial charge >= 0.3 is 0 Å². The van der Waals surface area contributed by atoms with Crippen molar-refractivity contribution in [3.63, 3.8) is 0 Å². The molecule has 2 N–H and O–H groups in total. The highest BCUT2D eigenvalue weighted by molar-refractivity contribution is 5.99. The Morgan fingerprint density at radius 1 is 1.53 bits per heavy atom. The van der Waals surface area contributed by atoms with Crippen LogP contribution in [0.5, 0.6) is 0 Å². The summed E-state index contributed by atoms with van der Waals surface area (Å²) in [4.78, 5) is 16.2. The van der Waals surface area contributed by atoms with E-state index < -0.39 is 0 Å². The smallest absolute Gasteiger partial charge is 0.199 e. The van der Waals surface area contributed by atoms with E-state index in [4.69, 9.17) is 0 Å². The number of hydrogen-bond donors (Lipinski definition) is 2. The molecule has 1 aliphatic heterocycles. The highest BCUT2D eigenvalue weighted by Gasteiger charge is 2.23. The standard InChI is InChI=1S/C11H15N3O/c1-8-3-2-4-14-10(8)11(15)9-7-12-5-6-13-9/h2-4,9,12-13H,5-7H2,1H3/t9-/m1/s1. The van der Waals surface area contributed by atoms with E-state index in [1.165, 1.54) is 0 Å². The number of piperazine rings is 1. The Hall–Kier alpha value is -1.26. The number of nitrogens with zero attached hydrogens (tertiary/aromatic N) is 1. The molecule has 1 atom stereocenters. The van der Waals surface area contributed by atoms with Gasteiger partial charge < -0.3 is 10.6 Å². The summed E-state index contributed by atoms with van der Waals surface area (Å²) in [6.45, 7) is 4.36. The maximum Gasteiger partial charge on any atom is 0.199 e. The Bertz CT molecular complexity index is 359. The van der Waals surface area contributed by atoms with E-state index in [0.717, 1.165) is 18.7 Å². The first kappa shape index (κ1) is 10.3. The summed E-state index contributed by atoms with van der Waals surface area (Å²) < 4.78 is 0. The first-order valence-electron chi connectivity index (χ1n) is 5.19. The SMILES string of the molecule is Cc1cccnc1C(=O)[C@H]1CNCCN1. The van der Waals surface area contributed by atoms with Gasteiger partial charge in [-0.3, -0.25) is 9.78 Å². The molecule has 0 bridgehead atoms. The quantitative estimate of drug-likeness (QED) is 0.674. The minimum atomic E-state index is -0.132. The summed E-state index contributed by atoms with van der Waals surface area (Å²) in [5, 5.41) is 6.39. The molecule has 0 aliphatic carbocycles. The van der Waals surface area contributed by atoms with Gasteiger partial charge in [0.05, 0.1) is 6.04 Å². The molecule has 0 radical (unpaired) electrons. The van der Waals surface area contributed by atoms with Gasteiger partial charge in [-0.15, -0.1) is 0 Å². The van der Waals surface area contributed by atoms with Crippen molar-refractivity contribution < 1.29 is 4.79 Å². The molecule has 80 valence electrons. The van der Waals surface area contributed by atoms with Gasteiger partial charge in [-0.2, -0.15) is 0 Å². The van der Waals surface area contributed by atoms with Crippen molar-refractivity contribution in [2.24, 2.45) is 0 Å². The second kappa shape index (κ2) is 4.51. The van der Waals surface area contributed by atoms with Gasteiger partial charge in [0.1, 0.15) is 5.69 Å². The third-order valence-electron chi connectivity index (χ3n) is 2.60. The van der Waals surface area contributed by atoms with Crippen molar-refractivity contribution in [2.75, 3.05) is 19.6 Å². The average molecular weight is 205 g/mol. The first-order chi connectivity index (χ1) is 7.29. The number of rotatable bonds is 2. The molecule has 4 heteroatoms. The molecule has 2 heterocycles. The molecule has 1 fully saturated rings. The van der Waals surface area contributed by atoms with E-state index in [2.05, 4.69) is 15.6 Å². The molecule has 1 aromatic heterocycles. The number of carbonyl (C=O) groups is 1. The number of pyridine rings is 1. The van der Waals surface area contributed by atoms with Crippen molar-refractivity contribution in [3.8, 4) is 0 Å². The van der Waals surface area contributed by atoms with Gasteiger partial charge in [0, 0.05) is 25.8 Å². The summed E-state index contributed by atoms with van der Waals surface area (Å²) in [7, 11) is 0. The van der Waals surface area contributed by atoms with E-state index in [0.29, 0.717) is 12.2 Å². The van der Waals surface area contributed by atoms with Crippen LogP contribution in [0.2, 0.25) is 0 Å². The molecular weight excluding hydrogens is 190 g/mol. The number of ketones is 1. The summed E-state index contributed by atoms with van der Waals surface area (Å²) in [5.41, 5.74) is 1.52. The fourth-order valence-corrected chi connectivity index (χ4v) is 1.75. The average Bonchev–Trinajstić information content (AvgIpc) is 2.30. The van der Waals surface area contributed by atoms with Crippen molar-refractivity contribution in [1.29, 1.82) is 0 Å². The predicted octanol–water partition coefficient (Wildman–Crippen LogP) is 0.134. The van der Waals surface area contributed by atoms with E-state index in [1.807, 2.05) is 19.1 Å². The van der Waals surface area contributed by atoms with E-state index in [9.17, 15) is 4.79 Å². The lowest BCUT2D eigenvalue weighted by Crippen LogP contribution is -2.52. The number of nitrogens with one attached hydrogen (secondary N) is 2. The number of hydrogen-bond acceptors (Lipinski definition) is 4. The monoisotopic (exact) mass is 205 g/mol. The lowest BCUT2D eigenvalue weighted by molar-refractivity contribution is 0.0929. The normalized spacial score (nSPS) is 21.3. The number of Topliss-reactive ketones (excluding diaryl/α,β-unsaturated/α-hetero) is 1. The minimum absolute atomic E-state index is 0.0836. The Balaban J connectivity index is 2.16. The maximum atomic E-state index is 12.1. The van der Waals surface area contributed by atoms with Crippen molar-refractivity contribution in [3.05, 3.63) is 29.6 Å². The van der Waals surface area contributed by atoms with Crippen LogP contribution in [0.1, 0.15) is 16.1 Å². The molecule has 0 amide bonds. The van der Waals surface area contributed by atoms with E-state index >= 15 is 0 Å². The van der Waals surface area contributed by atoms with Crippen molar-refractivity contribution >= 4 is 5.78 Å². The fraction of sp³-hybridized carbons (Fsp3) is 0.455. The number of aromatic nitrogens is 1. The zero-order chi connectivity index (χ0) is 10.7. The zero-order valence-electron chi connectivity index (χ0n) is 8.79. The van der Waals surface area contributed by atoms with Gasteiger partial charge in [0.2, 0.25) is 0 Å². The van der Waals surface area contributed by atoms with Gasteiger partial charge in [0.15, 0.2) is 5.78 Å². The Morgan fingerprint density at radius 3 is 3.07 bits per heavy atom. The Kier molecular flexibility index (Phi) is 3.08. The van der Waals surface area contributed by atoms with Gasteiger partial charge in [0.25, 0.3) is 0 Å². The molecule has 0 spiro atoms. The summed E-state index contributed by atoms with van der Waals surface area (Å²) in [5.74, 6) is 0.0836. The van der Waals surface area contributed by atoms with E-state index in [1.54, 1.807) is 6.20 Å². The molecular formula is C11H15N3O. The minimum Gasteiger partial charge on any atom is -0.313 e.